The minimum absolute atomic E-state index is 0.167. The maximum Gasteiger partial charge on any atom is 0.303 e. The molecule has 2 aliphatic heterocycles. The Morgan fingerprint density at radius 3 is 2.32 bits per heavy atom. The van der Waals surface area contributed by atoms with Gasteiger partial charge in [0.1, 0.15) is 0 Å². The van der Waals surface area contributed by atoms with Crippen LogP contribution < -0.4 is 0 Å². The smallest absolute Gasteiger partial charge is 0.303 e. The zero-order chi connectivity index (χ0) is 13.7. The molecule has 0 aromatic carbocycles. The molecule has 0 unspecified atom stereocenters. The molecule has 0 aliphatic carbocycles. The minimum Gasteiger partial charge on any atom is -0.481 e. The molecule has 108 valence electrons. The molecule has 6 nitrogen and oxygen atoms in total. The van der Waals surface area contributed by atoms with E-state index in [0.717, 1.165) is 25.9 Å². The van der Waals surface area contributed by atoms with E-state index in [1.165, 1.54) is 0 Å². The first-order valence-electron chi connectivity index (χ1n) is 6.95. The molecule has 2 aliphatic rings. The Kier molecular flexibility index (Phi) is 5.15. The van der Waals surface area contributed by atoms with Crippen molar-refractivity contribution in [2.75, 3.05) is 45.9 Å². The predicted octanol–water partition coefficient (Wildman–Crippen LogP) is 0.0319. The molecule has 0 radical (unpaired) electrons. The number of nitrogens with zero attached hydrogens (tertiary/aromatic N) is 2. The second-order valence-electron chi connectivity index (χ2n) is 5.31. The van der Waals surface area contributed by atoms with Crippen molar-refractivity contribution < 1.29 is 19.4 Å². The largest absolute Gasteiger partial charge is 0.481 e. The van der Waals surface area contributed by atoms with E-state index in [9.17, 15) is 9.59 Å². The van der Waals surface area contributed by atoms with Crippen LogP contribution in [0.25, 0.3) is 0 Å². The highest BCUT2D eigenvalue weighted by molar-refractivity contribution is 5.78. The Labute approximate surface area is 113 Å². The van der Waals surface area contributed by atoms with Crippen LogP contribution >= 0.6 is 0 Å². The summed E-state index contributed by atoms with van der Waals surface area (Å²) >= 11 is 0. The lowest BCUT2D eigenvalue weighted by Crippen LogP contribution is -2.47. The van der Waals surface area contributed by atoms with Crippen LogP contribution in [0.3, 0.4) is 0 Å². The van der Waals surface area contributed by atoms with Crippen molar-refractivity contribution in [3.63, 3.8) is 0 Å². The van der Waals surface area contributed by atoms with Gasteiger partial charge in [-0.15, -0.1) is 0 Å². The van der Waals surface area contributed by atoms with E-state index < -0.39 is 5.97 Å². The molecule has 0 aromatic rings. The standard InChI is InChI=1S/C13H22N2O4/c16-12(15-5-7-19-8-6-15)10-14-3-1-11(2-4-14)9-13(17)18/h11H,1-10H2,(H,17,18). The zero-order valence-electron chi connectivity index (χ0n) is 11.2. The monoisotopic (exact) mass is 270 g/mol. The number of carbonyl (C=O) groups excluding carboxylic acids is 1. The van der Waals surface area contributed by atoms with Crippen LogP contribution in [0.5, 0.6) is 0 Å². The van der Waals surface area contributed by atoms with Gasteiger partial charge >= 0.3 is 5.97 Å². The molecule has 0 aromatic heterocycles. The second-order valence-corrected chi connectivity index (χ2v) is 5.31. The molecule has 0 saturated carbocycles. The van der Waals surface area contributed by atoms with Crippen LogP contribution in [0.4, 0.5) is 0 Å². The number of amides is 1. The average Bonchev–Trinajstić information content (AvgIpc) is 2.41. The van der Waals surface area contributed by atoms with Gasteiger partial charge in [0, 0.05) is 19.5 Å². The van der Waals surface area contributed by atoms with Gasteiger partial charge in [-0.3, -0.25) is 14.5 Å². The fraction of sp³-hybridized carbons (Fsp3) is 0.846. The first kappa shape index (κ1) is 14.3. The van der Waals surface area contributed by atoms with E-state index in [0.29, 0.717) is 32.8 Å². The van der Waals surface area contributed by atoms with E-state index in [-0.39, 0.29) is 18.2 Å². The molecule has 2 rings (SSSR count). The second kappa shape index (κ2) is 6.86. The molecule has 0 atom stereocenters. The number of carboxylic acid groups (broad SMARTS) is 1. The summed E-state index contributed by atoms with van der Waals surface area (Å²) in [4.78, 5) is 26.7. The summed E-state index contributed by atoms with van der Waals surface area (Å²) in [7, 11) is 0. The number of carbonyl (C=O) groups is 2. The summed E-state index contributed by atoms with van der Waals surface area (Å²) in [6.45, 7) is 4.75. The Balaban J connectivity index is 1.69. The first-order chi connectivity index (χ1) is 9.15. The molecule has 2 heterocycles. The molecule has 2 fully saturated rings. The Hall–Kier alpha value is -1.14. The maximum absolute atomic E-state index is 12.1. The van der Waals surface area contributed by atoms with Crippen LogP contribution in [-0.2, 0) is 14.3 Å². The first-order valence-corrected chi connectivity index (χ1v) is 6.95. The molecule has 6 heteroatoms. The lowest BCUT2D eigenvalue weighted by Gasteiger charge is -2.33. The molecule has 1 N–H and O–H groups in total. The van der Waals surface area contributed by atoms with Gasteiger partial charge in [0.25, 0.3) is 0 Å². The van der Waals surface area contributed by atoms with Crippen molar-refractivity contribution in [3.8, 4) is 0 Å². The van der Waals surface area contributed by atoms with Crippen LogP contribution in [0.1, 0.15) is 19.3 Å². The van der Waals surface area contributed by atoms with Crippen LogP contribution in [-0.4, -0.2) is 72.7 Å². The van der Waals surface area contributed by atoms with Crippen LogP contribution in [0.15, 0.2) is 0 Å². The van der Waals surface area contributed by atoms with Gasteiger partial charge in [0.05, 0.1) is 19.8 Å². The summed E-state index contributed by atoms with van der Waals surface area (Å²) in [6, 6.07) is 0. The third-order valence-corrected chi connectivity index (χ3v) is 3.89. The highest BCUT2D eigenvalue weighted by Crippen LogP contribution is 2.20. The van der Waals surface area contributed by atoms with Crippen molar-refractivity contribution in [2.45, 2.75) is 19.3 Å². The van der Waals surface area contributed by atoms with Crippen molar-refractivity contribution in [1.82, 2.24) is 9.80 Å². The Morgan fingerprint density at radius 2 is 1.74 bits per heavy atom. The van der Waals surface area contributed by atoms with Gasteiger partial charge in [-0.05, 0) is 31.8 Å². The third-order valence-electron chi connectivity index (χ3n) is 3.89. The van der Waals surface area contributed by atoms with Gasteiger partial charge in [0.2, 0.25) is 5.91 Å². The lowest BCUT2D eigenvalue weighted by molar-refractivity contribution is -0.139. The number of rotatable bonds is 4. The lowest BCUT2D eigenvalue weighted by atomic mass is 9.94. The van der Waals surface area contributed by atoms with Crippen LogP contribution in [0, 0.1) is 5.92 Å². The topological polar surface area (TPSA) is 70.1 Å². The summed E-state index contributed by atoms with van der Waals surface area (Å²) in [5.41, 5.74) is 0. The van der Waals surface area contributed by atoms with Gasteiger partial charge in [-0.25, -0.2) is 0 Å². The quantitative estimate of drug-likeness (QED) is 0.780. The maximum atomic E-state index is 12.1. The van der Waals surface area contributed by atoms with E-state index in [2.05, 4.69) is 4.90 Å². The molecule has 1 amide bonds. The number of morpholine rings is 1. The number of piperidine rings is 1. The Bertz CT molecular complexity index is 321. The van der Waals surface area contributed by atoms with Crippen molar-refractivity contribution in [2.24, 2.45) is 5.92 Å². The average molecular weight is 270 g/mol. The van der Waals surface area contributed by atoms with E-state index >= 15 is 0 Å². The highest BCUT2D eigenvalue weighted by Gasteiger charge is 2.24. The van der Waals surface area contributed by atoms with Crippen molar-refractivity contribution in [3.05, 3.63) is 0 Å². The SMILES string of the molecule is O=C(O)CC1CCN(CC(=O)N2CCOCC2)CC1. The van der Waals surface area contributed by atoms with Gasteiger partial charge in [-0.1, -0.05) is 0 Å². The molecular formula is C13H22N2O4. The normalized spacial score (nSPS) is 22.4. The summed E-state index contributed by atoms with van der Waals surface area (Å²) < 4.78 is 5.23. The van der Waals surface area contributed by atoms with E-state index in [4.69, 9.17) is 9.84 Å². The molecule has 0 bridgehead atoms. The molecule has 2 saturated heterocycles. The molecular weight excluding hydrogens is 248 g/mol. The number of hydrogen-bond donors (Lipinski definition) is 1. The number of ether oxygens (including phenoxy) is 1. The predicted molar refractivity (Wildman–Crippen MR) is 68.8 cm³/mol. The molecule has 0 spiro atoms. The van der Waals surface area contributed by atoms with Gasteiger partial charge in [0.15, 0.2) is 0 Å². The number of likely N-dealkylation sites (tertiary alicyclic amines) is 1. The fourth-order valence-corrected chi connectivity index (χ4v) is 2.70. The number of hydrogen-bond acceptors (Lipinski definition) is 4. The number of aliphatic carboxylic acids is 1. The Morgan fingerprint density at radius 1 is 1.11 bits per heavy atom. The summed E-state index contributed by atoms with van der Waals surface area (Å²) in [5, 5.41) is 8.76. The van der Waals surface area contributed by atoms with E-state index in [1.54, 1.807) is 0 Å². The highest BCUT2D eigenvalue weighted by atomic mass is 16.5. The van der Waals surface area contributed by atoms with Crippen LogP contribution in [0.2, 0.25) is 0 Å². The van der Waals surface area contributed by atoms with Gasteiger partial charge < -0.3 is 14.7 Å². The van der Waals surface area contributed by atoms with Crippen molar-refractivity contribution in [1.29, 1.82) is 0 Å². The summed E-state index contributed by atoms with van der Waals surface area (Å²) in [6.07, 6.45) is 2.01. The minimum atomic E-state index is -0.720. The molecule has 19 heavy (non-hydrogen) atoms. The zero-order valence-corrected chi connectivity index (χ0v) is 11.2. The van der Waals surface area contributed by atoms with E-state index in [1.807, 2.05) is 4.90 Å². The summed E-state index contributed by atoms with van der Waals surface area (Å²) in [5.74, 6) is -0.282. The van der Waals surface area contributed by atoms with Crippen molar-refractivity contribution >= 4 is 11.9 Å². The van der Waals surface area contributed by atoms with Gasteiger partial charge in [-0.2, -0.15) is 0 Å². The third kappa shape index (κ3) is 4.47. The number of carboxylic acids is 1. The fourth-order valence-electron chi connectivity index (χ4n) is 2.70.